The van der Waals surface area contributed by atoms with Crippen molar-refractivity contribution < 1.29 is 9.47 Å². The molecule has 2 aromatic carbocycles. The topological polar surface area (TPSA) is 30.5 Å². The van der Waals surface area contributed by atoms with Crippen molar-refractivity contribution >= 4 is 5.69 Å². The van der Waals surface area contributed by atoms with Crippen molar-refractivity contribution in [3.05, 3.63) is 53.1 Å². The zero-order valence-corrected chi connectivity index (χ0v) is 13.2. The van der Waals surface area contributed by atoms with Crippen molar-refractivity contribution in [3.63, 3.8) is 0 Å². The monoisotopic (exact) mass is 285 g/mol. The van der Waals surface area contributed by atoms with E-state index in [2.05, 4.69) is 43.4 Å². The Morgan fingerprint density at radius 2 is 1.90 bits per heavy atom. The summed E-state index contributed by atoms with van der Waals surface area (Å²) in [4.78, 5) is 0. The van der Waals surface area contributed by atoms with E-state index in [1.165, 1.54) is 11.1 Å². The molecule has 0 radical (unpaired) electrons. The van der Waals surface area contributed by atoms with Crippen LogP contribution in [0.4, 0.5) is 5.69 Å². The van der Waals surface area contributed by atoms with Crippen LogP contribution in [0.2, 0.25) is 0 Å². The van der Waals surface area contributed by atoms with Gasteiger partial charge in [0.2, 0.25) is 0 Å². The molecular weight excluding hydrogens is 262 g/mol. The number of aryl methyl sites for hydroxylation is 2. The predicted molar refractivity (Wildman–Crippen MR) is 87.4 cm³/mol. The Balaban J connectivity index is 2.21. The number of ether oxygens (including phenoxy) is 2. The molecule has 0 aliphatic heterocycles. The molecule has 0 saturated heterocycles. The SMILES string of the molecule is CCOc1c(CNc2cc(C)ccc2C)cccc1OC. The summed E-state index contributed by atoms with van der Waals surface area (Å²) in [6.45, 7) is 7.51. The summed E-state index contributed by atoms with van der Waals surface area (Å²) in [5.74, 6) is 1.59. The minimum Gasteiger partial charge on any atom is -0.493 e. The average Bonchev–Trinajstić information content (AvgIpc) is 2.49. The molecule has 1 N–H and O–H groups in total. The molecule has 2 aromatic rings. The number of methoxy groups -OCH3 is 1. The summed E-state index contributed by atoms with van der Waals surface area (Å²) < 4.78 is 11.1. The Labute approximate surface area is 126 Å². The first kappa shape index (κ1) is 15.2. The van der Waals surface area contributed by atoms with E-state index < -0.39 is 0 Å². The van der Waals surface area contributed by atoms with Crippen molar-refractivity contribution in [3.8, 4) is 11.5 Å². The molecule has 0 aliphatic carbocycles. The molecule has 0 aromatic heterocycles. The fourth-order valence-corrected chi connectivity index (χ4v) is 2.29. The quantitative estimate of drug-likeness (QED) is 0.857. The van der Waals surface area contributed by atoms with Crippen LogP contribution in [-0.4, -0.2) is 13.7 Å². The van der Waals surface area contributed by atoms with E-state index in [0.29, 0.717) is 13.2 Å². The lowest BCUT2D eigenvalue weighted by molar-refractivity contribution is 0.308. The van der Waals surface area contributed by atoms with Crippen LogP contribution in [0, 0.1) is 13.8 Å². The Morgan fingerprint density at radius 1 is 1.10 bits per heavy atom. The zero-order chi connectivity index (χ0) is 15.2. The van der Waals surface area contributed by atoms with Crippen LogP contribution in [0.15, 0.2) is 36.4 Å². The number of benzene rings is 2. The smallest absolute Gasteiger partial charge is 0.166 e. The Hall–Kier alpha value is -2.16. The molecule has 112 valence electrons. The van der Waals surface area contributed by atoms with Gasteiger partial charge in [0, 0.05) is 17.8 Å². The summed E-state index contributed by atoms with van der Waals surface area (Å²) in [7, 11) is 1.67. The van der Waals surface area contributed by atoms with E-state index in [9.17, 15) is 0 Å². The molecule has 21 heavy (non-hydrogen) atoms. The van der Waals surface area contributed by atoms with Gasteiger partial charge in [-0.3, -0.25) is 0 Å². The first-order chi connectivity index (χ1) is 10.2. The van der Waals surface area contributed by atoms with Crippen molar-refractivity contribution in [2.75, 3.05) is 19.0 Å². The van der Waals surface area contributed by atoms with Crippen LogP contribution < -0.4 is 14.8 Å². The highest BCUT2D eigenvalue weighted by molar-refractivity contribution is 5.54. The summed E-state index contributed by atoms with van der Waals surface area (Å²) in [5, 5.41) is 3.48. The molecular formula is C18H23NO2. The van der Waals surface area contributed by atoms with E-state index >= 15 is 0 Å². The van der Waals surface area contributed by atoms with Crippen molar-refractivity contribution in [2.24, 2.45) is 0 Å². The number of para-hydroxylation sites is 1. The van der Waals surface area contributed by atoms with Gasteiger partial charge in [-0.1, -0.05) is 24.3 Å². The van der Waals surface area contributed by atoms with E-state index in [1.54, 1.807) is 7.11 Å². The maximum atomic E-state index is 5.74. The first-order valence-corrected chi connectivity index (χ1v) is 7.25. The predicted octanol–water partition coefficient (Wildman–Crippen LogP) is 4.32. The van der Waals surface area contributed by atoms with Gasteiger partial charge in [0.25, 0.3) is 0 Å². The van der Waals surface area contributed by atoms with Gasteiger partial charge >= 0.3 is 0 Å². The van der Waals surface area contributed by atoms with Crippen LogP contribution in [0.3, 0.4) is 0 Å². The second kappa shape index (κ2) is 7.02. The molecule has 0 saturated carbocycles. The highest BCUT2D eigenvalue weighted by Crippen LogP contribution is 2.31. The lowest BCUT2D eigenvalue weighted by atomic mass is 10.1. The van der Waals surface area contributed by atoms with Crippen LogP contribution in [0.25, 0.3) is 0 Å². The second-order valence-electron chi connectivity index (χ2n) is 5.05. The lowest BCUT2D eigenvalue weighted by Crippen LogP contribution is -2.05. The van der Waals surface area contributed by atoms with Gasteiger partial charge in [-0.05, 0) is 44.0 Å². The standard InChI is InChI=1S/C18H23NO2/c1-5-21-18-15(7-6-8-17(18)20-4)12-19-16-11-13(2)9-10-14(16)3/h6-11,19H,5,12H2,1-4H3. The van der Waals surface area contributed by atoms with E-state index in [4.69, 9.17) is 9.47 Å². The molecule has 3 nitrogen and oxygen atoms in total. The third-order valence-electron chi connectivity index (χ3n) is 3.43. The van der Waals surface area contributed by atoms with Crippen LogP contribution in [-0.2, 0) is 6.54 Å². The van der Waals surface area contributed by atoms with Gasteiger partial charge in [-0.2, -0.15) is 0 Å². The summed E-state index contributed by atoms with van der Waals surface area (Å²) >= 11 is 0. The molecule has 0 amide bonds. The molecule has 0 spiro atoms. The van der Waals surface area contributed by atoms with Crippen molar-refractivity contribution in [1.29, 1.82) is 0 Å². The van der Waals surface area contributed by atoms with Crippen LogP contribution in [0.1, 0.15) is 23.6 Å². The van der Waals surface area contributed by atoms with Crippen molar-refractivity contribution in [2.45, 2.75) is 27.3 Å². The van der Waals surface area contributed by atoms with Gasteiger partial charge in [0.15, 0.2) is 11.5 Å². The molecule has 0 bridgehead atoms. The normalized spacial score (nSPS) is 10.3. The van der Waals surface area contributed by atoms with Crippen molar-refractivity contribution in [1.82, 2.24) is 0 Å². The van der Waals surface area contributed by atoms with Gasteiger partial charge < -0.3 is 14.8 Å². The molecule has 2 rings (SSSR count). The zero-order valence-electron chi connectivity index (χ0n) is 13.2. The number of hydrogen-bond donors (Lipinski definition) is 1. The van der Waals surface area contributed by atoms with E-state index in [-0.39, 0.29) is 0 Å². The molecule has 0 aliphatic rings. The van der Waals surface area contributed by atoms with Gasteiger partial charge in [-0.25, -0.2) is 0 Å². The lowest BCUT2D eigenvalue weighted by Gasteiger charge is -2.16. The summed E-state index contributed by atoms with van der Waals surface area (Å²) in [5.41, 5.74) is 4.73. The minimum atomic E-state index is 0.622. The molecule has 0 fully saturated rings. The fourth-order valence-electron chi connectivity index (χ4n) is 2.29. The van der Waals surface area contributed by atoms with Gasteiger partial charge in [0.1, 0.15) is 0 Å². The molecule has 0 heterocycles. The highest BCUT2D eigenvalue weighted by Gasteiger charge is 2.10. The Bertz CT molecular complexity index is 608. The third kappa shape index (κ3) is 3.69. The Morgan fingerprint density at radius 3 is 2.62 bits per heavy atom. The van der Waals surface area contributed by atoms with Gasteiger partial charge in [-0.15, -0.1) is 0 Å². The molecule has 0 atom stereocenters. The largest absolute Gasteiger partial charge is 0.493 e. The van der Waals surface area contributed by atoms with Gasteiger partial charge in [0.05, 0.1) is 13.7 Å². The molecule has 0 unspecified atom stereocenters. The van der Waals surface area contributed by atoms with Crippen LogP contribution in [0.5, 0.6) is 11.5 Å². The third-order valence-corrected chi connectivity index (χ3v) is 3.43. The number of anilines is 1. The molecule has 3 heteroatoms. The summed E-state index contributed by atoms with van der Waals surface area (Å²) in [6, 6.07) is 12.4. The maximum Gasteiger partial charge on any atom is 0.166 e. The number of hydrogen-bond acceptors (Lipinski definition) is 3. The Kier molecular flexibility index (Phi) is 5.09. The minimum absolute atomic E-state index is 0.622. The summed E-state index contributed by atoms with van der Waals surface area (Å²) in [6.07, 6.45) is 0. The van der Waals surface area contributed by atoms with E-state index in [0.717, 1.165) is 22.7 Å². The van der Waals surface area contributed by atoms with Crippen LogP contribution >= 0.6 is 0 Å². The van der Waals surface area contributed by atoms with E-state index in [1.807, 2.05) is 19.1 Å². The maximum absolute atomic E-state index is 5.74. The second-order valence-corrected chi connectivity index (χ2v) is 5.05. The highest BCUT2D eigenvalue weighted by atomic mass is 16.5. The number of nitrogens with one attached hydrogen (secondary N) is 1. The average molecular weight is 285 g/mol. The number of rotatable bonds is 6. The fraction of sp³-hybridized carbons (Fsp3) is 0.333. The first-order valence-electron chi connectivity index (χ1n) is 7.25.